The highest BCUT2D eigenvalue weighted by molar-refractivity contribution is 9.10. The molecule has 4 heteroatoms. The van der Waals surface area contributed by atoms with Gasteiger partial charge in [-0.15, -0.1) is 0 Å². The van der Waals surface area contributed by atoms with E-state index in [-0.39, 0.29) is 0 Å². The van der Waals surface area contributed by atoms with Gasteiger partial charge in [0.1, 0.15) is 5.75 Å². The summed E-state index contributed by atoms with van der Waals surface area (Å²) in [5, 5.41) is 1.02. The van der Waals surface area contributed by atoms with E-state index in [1.807, 2.05) is 6.07 Å². The fraction of sp³-hybridized carbons (Fsp3) is 0.538. The number of halogens is 2. The highest BCUT2D eigenvalue weighted by Crippen LogP contribution is 2.26. The van der Waals surface area contributed by atoms with Gasteiger partial charge in [-0.1, -0.05) is 28.9 Å². The smallest absolute Gasteiger partial charge is 0.133 e. The first-order valence-electron chi connectivity index (χ1n) is 5.82. The maximum atomic E-state index is 5.23. The molecule has 0 N–H and O–H groups in total. The molecule has 96 valence electrons. The fourth-order valence-electron chi connectivity index (χ4n) is 1.77. The number of benzene rings is 1. The quantitative estimate of drug-likeness (QED) is 0.676. The second-order valence-corrected chi connectivity index (χ2v) is 5.58. The van der Waals surface area contributed by atoms with Crippen LogP contribution in [0.5, 0.6) is 5.75 Å². The number of nitrogens with zero attached hydrogens (tertiary/aromatic N) is 1. The third-order valence-corrected chi connectivity index (χ3v) is 3.54. The first kappa shape index (κ1) is 15.0. The van der Waals surface area contributed by atoms with Crippen LogP contribution in [0.4, 0.5) is 0 Å². The summed E-state index contributed by atoms with van der Waals surface area (Å²) in [6.45, 7) is 5.42. The van der Waals surface area contributed by atoms with Gasteiger partial charge in [-0.2, -0.15) is 0 Å². The molecule has 1 rings (SSSR count). The molecule has 0 saturated carbocycles. The van der Waals surface area contributed by atoms with Crippen molar-refractivity contribution < 1.29 is 4.74 Å². The third-order valence-electron chi connectivity index (χ3n) is 2.56. The number of methoxy groups -OCH3 is 1. The summed E-state index contributed by atoms with van der Waals surface area (Å²) in [7, 11) is 1.69. The molecule has 0 amide bonds. The highest BCUT2D eigenvalue weighted by Gasteiger charge is 2.06. The molecule has 0 spiro atoms. The minimum Gasteiger partial charge on any atom is -0.496 e. The predicted molar refractivity (Wildman–Crippen MR) is 80.1 cm³/mol. The average Bonchev–Trinajstić information content (AvgIpc) is 2.30. The van der Waals surface area contributed by atoms with Crippen molar-refractivity contribution in [2.24, 2.45) is 0 Å². The Morgan fingerprint density at radius 2 is 2.06 bits per heavy atom. The summed E-state index contributed by atoms with van der Waals surface area (Å²) in [5.41, 5.74) is 1.31. The minimum atomic E-state index is 0.885. The molecule has 0 fully saturated rings. The second-order valence-electron chi connectivity index (χ2n) is 3.93. The van der Waals surface area contributed by atoms with Crippen LogP contribution in [-0.4, -0.2) is 30.4 Å². The van der Waals surface area contributed by atoms with Gasteiger partial charge in [-0.25, -0.2) is 0 Å². The summed E-state index contributed by atoms with van der Waals surface area (Å²) in [4.78, 5) is 2.45. The topological polar surface area (TPSA) is 12.5 Å². The van der Waals surface area contributed by atoms with E-state index in [0.717, 1.165) is 35.2 Å². The molecular weight excluding hydrogens is 346 g/mol. The standard InChI is InChI=1S/C13H19Br2NO/c1-3-7-16(8-6-14)10-11-4-5-13(17-2)12(15)9-11/h4-5,9H,3,6-8,10H2,1-2H3. The molecule has 0 atom stereocenters. The van der Waals surface area contributed by atoms with Gasteiger partial charge in [0, 0.05) is 18.4 Å². The molecular formula is C13H19Br2NO. The van der Waals surface area contributed by atoms with E-state index in [1.54, 1.807) is 7.11 Å². The minimum absolute atomic E-state index is 0.885. The van der Waals surface area contributed by atoms with Crippen LogP contribution in [0.15, 0.2) is 22.7 Å². The molecule has 0 aliphatic heterocycles. The third kappa shape index (κ3) is 4.98. The summed E-state index contributed by atoms with van der Waals surface area (Å²) in [6, 6.07) is 6.27. The molecule has 1 aromatic carbocycles. The molecule has 0 bridgehead atoms. The van der Waals surface area contributed by atoms with Crippen LogP contribution < -0.4 is 4.74 Å². The summed E-state index contributed by atoms with van der Waals surface area (Å²) in [6.07, 6.45) is 1.18. The van der Waals surface area contributed by atoms with E-state index in [2.05, 4.69) is 55.8 Å². The zero-order chi connectivity index (χ0) is 12.7. The summed E-state index contributed by atoms with van der Waals surface area (Å²) >= 11 is 7.02. The molecule has 0 aliphatic rings. The molecule has 0 heterocycles. The van der Waals surface area contributed by atoms with E-state index >= 15 is 0 Å². The lowest BCUT2D eigenvalue weighted by Crippen LogP contribution is -2.26. The first-order valence-corrected chi connectivity index (χ1v) is 7.73. The number of alkyl halides is 1. The molecule has 17 heavy (non-hydrogen) atoms. The Morgan fingerprint density at radius 1 is 1.29 bits per heavy atom. The lowest BCUT2D eigenvalue weighted by molar-refractivity contribution is 0.283. The second kappa shape index (κ2) is 8.11. The fourth-order valence-corrected chi connectivity index (χ4v) is 2.86. The van der Waals surface area contributed by atoms with Crippen LogP contribution in [-0.2, 0) is 6.54 Å². The number of rotatable bonds is 7. The Hall–Kier alpha value is -0.0600. The van der Waals surface area contributed by atoms with Gasteiger partial charge < -0.3 is 4.74 Å². The van der Waals surface area contributed by atoms with Gasteiger partial charge in [0.25, 0.3) is 0 Å². The Bertz CT molecular complexity index is 338. The Balaban J connectivity index is 2.68. The lowest BCUT2D eigenvalue weighted by atomic mass is 10.2. The van der Waals surface area contributed by atoms with Crippen molar-refractivity contribution in [2.45, 2.75) is 19.9 Å². The van der Waals surface area contributed by atoms with Gasteiger partial charge in [-0.05, 0) is 46.6 Å². The molecule has 0 radical (unpaired) electrons. The lowest BCUT2D eigenvalue weighted by Gasteiger charge is -2.20. The van der Waals surface area contributed by atoms with Gasteiger partial charge >= 0.3 is 0 Å². The van der Waals surface area contributed by atoms with Crippen LogP contribution >= 0.6 is 31.9 Å². The Kier molecular flexibility index (Phi) is 7.16. The van der Waals surface area contributed by atoms with E-state index in [1.165, 1.54) is 12.0 Å². The molecule has 0 aromatic heterocycles. The molecule has 2 nitrogen and oxygen atoms in total. The summed E-state index contributed by atoms with van der Waals surface area (Å²) in [5.74, 6) is 0.885. The van der Waals surface area contributed by atoms with Crippen molar-refractivity contribution >= 4 is 31.9 Å². The normalized spacial score (nSPS) is 10.9. The van der Waals surface area contributed by atoms with E-state index in [9.17, 15) is 0 Å². The van der Waals surface area contributed by atoms with E-state index < -0.39 is 0 Å². The summed E-state index contributed by atoms with van der Waals surface area (Å²) < 4.78 is 6.25. The van der Waals surface area contributed by atoms with Crippen molar-refractivity contribution in [3.63, 3.8) is 0 Å². The van der Waals surface area contributed by atoms with Gasteiger partial charge in [0.15, 0.2) is 0 Å². The number of ether oxygens (including phenoxy) is 1. The molecule has 0 unspecified atom stereocenters. The van der Waals surface area contributed by atoms with Crippen LogP contribution in [0.1, 0.15) is 18.9 Å². The Morgan fingerprint density at radius 3 is 2.59 bits per heavy atom. The van der Waals surface area contributed by atoms with Gasteiger partial charge in [0.05, 0.1) is 11.6 Å². The average molecular weight is 365 g/mol. The first-order chi connectivity index (χ1) is 8.21. The van der Waals surface area contributed by atoms with Crippen molar-refractivity contribution in [1.29, 1.82) is 0 Å². The maximum absolute atomic E-state index is 5.23. The zero-order valence-corrected chi connectivity index (χ0v) is 13.6. The van der Waals surface area contributed by atoms with Crippen LogP contribution in [0, 0.1) is 0 Å². The highest BCUT2D eigenvalue weighted by atomic mass is 79.9. The van der Waals surface area contributed by atoms with E-state index in [4.69, 9.17) is 4.74 Å². The Labute approximate surface area is 121 Å². The van der Waals surface area contributed by atoms with Crippen molar-refractivity contribution in [3.8, 4) is 5.75 Å². The SMILES string of the molecule is CCCN(CCBr)Cc1ccc(OC)c(Br)c1. The van der Waals surface area contributed by atoms with Gasteiger partial charge in [0.2, 0.25) is 0 Å². The molecule has 1 aromatic rings. The monoisotopic (exact) mass is 363 g/mol. The number of hydrogen-bond acceptors (Lipinski definition) is 2. The van der Waals surface area contributed by atoms with Crippen LogP contribution in [0.25, 0.3) is 0 Å². The predicted octanol–water partition coefficient (Wildman–Crippen LogP) is 4.06. The van der Waals surface area contributed by atoms with Crippen LogP contribution in [0.2, 0.25) is 0 Å². The number of hydrogen-bond donors (Lipinski definition) is 0. The van der Waals surface area contributed by atoms with Crippen molar-refractivity contribution in [2.75, 3.05) is 25.5 Å². The van der Waals surface area contributed by atoms with Crippen LogP contribution in [0.3, 0.4) is 0 Å². The molecule has 0 aliphatic carbocycles. The largest absolute Gasteiger partial charge is 0.496 e. The van der Waals surface area contributed by atoms with Crippen molar-refractivity contribution in [3.05, 3.63) is 28.2 Å². The molecule has 0 saturated heterocycles. The maximum Gasteiger partial charge on any atom is 0.133 e. The van der Waals surface area contributed by atoms with Crippen molar-refractivity contribution in [1.82, 2.24) is 4.90 Å². The zero-order valence-electron chi connectivity index (χ0n) is 10.4. The van der Waals surface area contributed by atoms with Gasteiger partial charge in [-0.3, -0.25) is 4.90 Å². The van der Waals surface area contributed by atoms with E-state index in [0.29, 0.717) is 0 Å².